The molecule has 152 valence electrons. The highest BCUT2D eigenvalue weighted by atomic mass is 16.5. The van der Waals surface area contributed by atoms with E-state index in [1.54, 1.807) is 0 Å². The third kappa shape index (κ3) is 5.41. The molecule has 0 bridgehead atoms. The summed E-state index contributed by atoms with van der Waals surface area (Å²) in [6.45, 7) is 9.11. The fourth-order valence-electron chi connectivity index (χ4n) is 3.64. The summed E-state index contributed by atoms with van der Waals surface area (Å²) in [6, 6.07) is 7.56. The lowest BCUT2D eigenvalue weighted by molar-refractivity contribution is 0.0687. The minimum Gasteiger partial charge on any atom is -0.339 e. The zero-order valence-corrected chi connectivity index (χ0v) is 17.5. The van der Waals surface area contributed by atoms with Gasteiger partial charge >= 0.3 is 0 Å². The van der Waals surface area contributed by atoms with Gasteiger partial charge in [0.2, 0.25) is 11.7 Å². The average Bonchev–Trinajstić information content (AvgIpc) is 3.13. The summed E-state index contributed by atoms with van der Waals surface area (Å²) in [5, 5.41) is 7.32. The van der Waals surface area contributed by atoms with Crippen LogP contribution in [0.5, 0.6) is 0 Å². The van der Waals surface area contributed by atoms with E-state index in [2.05, 4.69) is 36.2 Å². The number of carbonyl (C=O) groups is 1. The summed E-state index contributed by atoms with van der Waals surface area (Å²) in [5.74, 6) is 1.97. The molecule has 1 amide bonds. The van der Waals surface area contributed by atoms with Crippen LogP contribution in [0, 0.1) is 11.3 Å². The number of benzene rings is 1. The smallest absolute Gasteiger partial charge is 0.253 e. The van der Waals surface area contributed by atoms with E-state index in [1.807, 2.05) is 36.2 Å². The summed E-state index contributed by atoms with van der Waals surface area (Å²) in [5.41, 5.74) is 1.59. The van der Waals surface area contributed by atoms with Crippen LogP contribution in [0.15, 0.2) is 28.8 Å². The molecule has 0 radical (unpaired) electrons. The fraction of sp³-hybridized carbons (Fsp3) is 0.591. The summed E-state index contributed by atoms with van der Waals surface area (Å²) < 4.78 is 5.39. The molecular formula is C22H32N4O2. The number of rotatable bonds is 6. The highest BCUT2D eigenvalue weighted by Gasteiger charge is 2.24. The van der Waals surface area contributed by atoms with Gasteiger partial charge in [-0.15, -0.1) is 0 Å². The molecule has 0 aliphatic carbocycles. The van der Waals surface area contributed by atoms with Crippen molar-refractivity contribution in [1.29, 1.82) is 0 Å². The number of carbonyl (C=O) groups excluding carboxylic acids is 1. The molecule has 2 aromatic rings. The predicted octanol–water partition coefficient (Wildman–Crippen LogP) is 3.79. The minimum atomic E-state index is 0.0843. The average molecular weight is 385 g/mol. The number of piperidine rings is 1. The van der Waals surface area contributed by atoms with Crippen molar-refractivity contribution in [2.45, 2.75) is 46.5 Å². The van der Waals surface area contributed by atoms with Crippen molar-refractivity contribution >= 4 is 5.91 Å². The minimum absolute atomic E-state index is 0.0843. The van der Waals surface area contributed by atoms with Gasteiger partial charge in [-0.1, -0.05) is 38.1 Å². The van der Waals surface area contributed by atoms with Crippen LogP contribution in [0.2, 0.25) is 0 Å². The number of likely N-dealkylation sites (tertiary alicyclic amines) is 1. The van der Waals surface area contributed by atoms with E-state index < -0.39 is 0 Å². The Labute approximate surface area is 167 Å². The Balaban J connectivity index is 1.66. The Hall–Kier alpha value is -2.21. The molecule has 0 spiro atoms. The zero-order valence-electron chi connectivity index (χ0n) is 17.5. The lowest BCUT2D eigenvalue weighted by atomic mass is 9.92. The van der Waals surface area contributed by atoms with Crippen molar-refractivity contribution in [2.75, 3.05) is 26.7 Å². The SMILES string of the molecule is CNCCC1CCN(C(=O)c2cccc(-c3noc(CC(C)(C)C)n3)c2)CC1. The Morgan fingerprint density at radius 2 is 2.04 bits per heavy atom. The van der Waals surface area contributed by atoms with Crippen molar-refractivity contribution in [3.05, 3.63) is 35.7 Å². The highest BCUT2D eigenvalue weighted by Crippen LogP contribution is 2.25. The lowest BCUT2D eigenvalue weighted by Crippen LogP contribution is -2.38. The third-order valence-electron chi connectivity index (χ3n) is 5.22. The second kappa shape index (κ2) is 8.86. The topological polar surface area (TPSA) is 71.3 Å². The van der Waals surface area contributed by atoms with Crippen molar-refractivity contribution in [2.24, 2.45) is 11.3 Å². The number of nitrogens with one attached hydrogen (secondary N) is 1. The first kappa shape index (κ1) is 20.5. The number of hydrogen-bond acceptors (Lipinski definition) is 5. The van der Waals surface area contributed by atoms with Crippen LogP contribution in [0.25, 0.3) is 11.4 Å². The standard InChI is InChI=1S/C22H32N4O2/c1-22(2,3)15-19-24-20(25-28-19)17-6-5-7-18(14-17)21(27)26-12-9-16(10-13-26)8-11-23-4/h5-7,14,16,23H,8-13,15H2,1-4H3. The normalized spacial score (nSPS) is 15.8. The van der Waals surface area contributed by atoms with Crippen LogP contribution in [-0.2, 0) is 6.42 Å². The van der Waals surface area contributed by atoms with E-state index in [0.717, 1.165) is 44.5 Å². The molecule has 6 heteroatoms. The first-order chi connectivity index (χ1) is 13.4. The Kier molecular flexibility index (Phi) is 6.50. The molecule has 1 fully saturated rings. The molecule has 0 atom stereocenters. The van der Waals surface area contributed by atoms with Crippen LogP contribution in [0.3, 0.4) is 0 Å². The quantitative estimate of drug-likeness (QED) is 0.820. The largest absolute Gasteiger partial charge is 0.339 e. The summed E-state index contributed by atoms with van der Waals surface area (Å²) >= 11 is 0. The van der Waals surface area contributed by atoms with Crippen molar-refractivity contribution < 1.29 is 9.32 Å². The number of amides is 1. The molecule has 1 aliphatic heterocycles. The van der Waals surface area contributed by atoms with Crippen LogP contribution in [0.4, 0.5) is 0 Å². The molecule has 6 nitrogen and oxygen atoms in total. The number of nitrogens with zero attached hydrogens (tertiary/aromatic N) is 3. The molecule has 2 heterocycles. The van der Waals surface area contributed by atoms with Gasteiger partial charge in [-0.2, -0.15) is 4.98 Å². The Bertz CT molecular complexity index is 786. The van der Waals surface area contributed by atoms with Crippen LogP contribution < -0.4 is 5.32 Å². The predicted molar refractivity (Wildman–Crippen MR) is 110 cm³/mol. The van der Waals surface area contributed by atoms with Crippen LogP contribution >= 0.6 is 0 Å². The van der Waals surface area contributed by atoms with E-state index in [1.165, 1.54) is 6.42 Å². The second-order valence-electron chi connectivity index (χ2n) is 8.96. The molecule has 1 aliphatic rings. The van der Waals surface area contributed by atoms with Crippen molar-refractivity contribution in [3.8, 4) is 11.4 Å². The maximum atomic E-state index is 12.9. The Morgan fingerprint density at radius 3 is 2.71 bits per heavy atom. The van der Waals surface area contributed by atoms with Gasteiger partial charge in [0.15, 0.2) is 0 Å². The molecule has 0 saturated carbocycles. The van der Waals surface area contributed by atoms with Gasteiger partial charge in [-0.05, 0) is 56.3 Å². The van der Waals surface area contributed by atoms with Gasteiger partial charge in [0.05, 0.1) is 0 Å². The molecular weight excluding hydrogens is 352 g/mol. The van der Waals surface area contributed by atoms with E-state index >= 15 is 0 Å². The summed E-state index contributed by atoms with van der Waals surface area (Å²) in [6.07, 6.45) is 4.06. The molecule has 1 saturated heterocycles. The van der Waals surface area contributed by atoms with Gasteiger partial charge in [-0.25, -0.2) is 0 Å². The van der Waals surface area contributed by atoms with Gasteiger partial charge in [0.1, 0.15) is 0 Å². The van der Waals surface area contributed by atoms with E-state index in [-0.39, 0.29) is 11.3 Å². The van der Waals surface area contributed by atoms with Crippen molar-refractivity contribution in [1.82, 2.24) is 20.4 Å². The van der Waals surface area contributed by atoms with Gasteiger partial charge in [0.25, 0.3) is 5.91 Å². The van der Waals surface area contributed by atoms with Crippen LogP contribution in [-0.4, -0.2) is 47.6 Å². The number of hydrogen-bond donors (Lipinski definition) is 1. The van der Waals surface area contributed by atoms with E-state index in [0.29, 0.717) is 23.2 Å². The maximum Gasteiger partial charge on any atom is 0.253 e. The fourth-order valence-corrected chi connectivity index (χ4v) is 3.64. The van der Waals surface area contributed by atoms with Crippen LogP contribution in [0.1, 0.15) is 56.3 Å². The lowest BCUT2D eigenvalue weighted by Gasteiger charge is -2.32. The molecule has 3 rings (SSSR count). The van der Waals surface area contributed by atoms with Crippen molar-refractivity contribution in [3.63, 3.8) is 0 Å². The van der Waals surface area contributed by atoms with E-state index in [4.69, 9.17) is 4.52 Å². The monoisotopic (exact) mass is 384 g/mol. The molecule has 0 unspecified atom stereocenters. The van der Waals surface area contributed by atoms with E-state index in [9.17, 15) is 4.79 Å². The second-order valence-corrected chi connectivity index (χ2v) is 8.96. The number of aromatic nitrogens is 2. The zero-order chi connectivity index (χ0) is 20.1. The molecule has 1 aromatic heterocycles. The van der Waals surface area contributed by atoms with Gasteiger partial charge in [0, 0.05) is 30.6 Å². The summed E-state index contributed by atoms with van der Waals surface area (Å²) in [7, 11) is 1.99. The molecule has 1 N–H and O–H groups in total. The summed E-state index contributed by atoms with van der Waals surface area (Å²) in [4.78, 5) is 19.4. The first-order valence-corrected chi connectivity index (χ1v) is 10.2. The first-order valence-electron chi connectivity index (χ1n) is 10.2. The molecule has 28 heavy (non-hydrogen) atoms. The third-order valence-corrected chi connectivity index (χ3v) is 5.22. The van der Waals surface area contributed by atoms with Gasteiger partial charge in [-0.3, -0.25) is 4.79 Å². The molecule has 1 aromatic carbocycles. The highest BCUT2D eigenvalue weighted by molar-refractivity contribution is 5.95. The van der Waals surface area contributed by atoms with Gasteiger partial charge < -0.3 is 14.7 Å². The Morgan fingerprint density at radius 1 is 1.29 bits per heavy atom. The maximum absolute atomic E-state index is 12.9.